The quantitative estimate of drug-likeness (QED) is 0.761. The van der Waals surface area contributed by atoms with E-state index in [4.69, 9.17) is 4.74 Å². The average molecular weight is 245 g/mol. The Morgan fingerprint density at radius 1 is 1.50 bits per heavy atom. The maximum absolute atomic E-state index is 11.4. The number of nitrogens with zero attached hydrogens (tertiary/aromatic N) is 2. The molecule has 16 heavy (non-hydrogen) atoms. The summed E-state index contributed by atoms with van der Waals surface area (Å²) in [6.07, 6.45) is 0.607. The van der Waals surface area contributed by atoms with E-state index in [1.54, 1.807) is 0 Å². The van der Waals surface area contributed by atoms with E-state index >= 15 is 0 Å². The maximum atomic E-state index is 11.4. The van der Waals surface area contributed by atoms with Crippen molar-refractivity contribution in [2.75, 3.05) is 19.0 Å². The molecule has 90 valence electrons. The van der Waals surface area contributed by atoms with Gasteiger partial charge in [-0.2, -0.15) is 4.37 Å². The van der Waals surface area contributed by atoms with Crippen molar-refractivity contribution in [1.82, 2.24) is 8.75 Å². The fraction of sp³-hybridized carbons (Fsp3) is 0.667. The second-order valence-electron chi connectivity index (χ2n) is 2.98. The van der Waals surface area contributed by atoms with Gasteiger partial charge in [-0.1, -0.05) is 6.92 Å². The lowest BCUT2D eigenvalue weighted by Crippen LogP contribution is -2.30. The summed E-state index contributed by atoms with van der Waals surface area (Å²) in [5, 5.41) is 2.95. The molecule has 1 aromatic heterocycles. The Morgan fingerprint density at radius 2 is 2.25 bits per heavy atom. The highest BCUT2D eigenvalue weighted by Crippen LogP contribution is 2.22. The summed E-state index contributed by atoms with van der Waals surface area (Å²) < 4.78 is 17.9. The van der Waals surface area contributed by atoms with E-state index in [-0.39, 0.29) is 5.97 Å². The summed E-state index contributed by atoms with van der Waals surface area (Å²) in [6.45, 7) is 4.25. The minimum Gasteiger partial charge on any atom is -0.475 e. The second kappa shape index (κ2) is 6.26. The number of aromatic nitrogens is 2. The van der Waals surface area contributed by atoms with Gasteiger partial charge in [0.25, 0.3) is 5.88 Å². The van der Waals surface area contributed by atoms with Gasteiger partial charge < -0.3 is 14.8 Å². The molecule has 7 heteroatoms. The SMILES string of the molecule is CCOc1nsnc1NC(CC)C(=O)OC. The number of rotatable bonds is 6. The van der Waals surface area contributed by atoms with Gasteiger partial charge in [-0.25, -0.2) is 4.79 Å². The molecule has 0 saturated carbocycles. The van der Waals surface area contributed by atoms with Crippen molar-refractivity contribution in [3.8, 4) is 5.88 Å². The fourth-order valence-corrected chi connectivity index (χ4v) is 1.60. The topological polar surface area (TPSA) is 73.3 Å². The summed E-state index contributed by atoms with van der Waals surface area (Å²) in [5.74, 6) is 0.594. The van der Waals surface area contributed by atoms with E-state index in [0.29, 0.717) is 24.7 Å². The number of hydrogen-bond donors (Lipinski definition) is 1. The zero-order valence-corrected chi connectivity index (χ0v) is 10.3. The van der Waals surface area contributed by atoms with Gasteiger partial charge in [0.2, 0.25) is 5.82 Å². The smallest absolute Gasteiger partial charge is 0.328 e. The molecule has 6 nitrogen and oxygen atoms in total. The predicted octanol–water partition coefficient (Wildman–Crippen LogP) is 1.30. The van der Waals surface area contributed by atoms with Crippen LogP contribution in [0.2, 0.25) is 0 Å². The molecule has 0 saturated heterocycles. The minimum absolute atomic E-state index is 0.321. The number of carbonyl (C=O) groups excluding carboxylic acids is 1. The average Bonchev–Trinajstić information content (AvgIpc) is 2.73. The van der Waals surface area contributed by atoms with Crippen molar-refractivity contribution < 1.29 is 14.3 Å². The van der Waals surface area contributed by atoms with Gasteiger partial charge in [-0.05, 0) is 13.3 Å². The third kappa shape index (κ3) is 3.06. The van der Waals surface area contributed by atoms with Crippen molar-refractivity contribution in [3.05, 3.63) is 0 Å². The molecule has 0 aliphatic rings. The molecule has 0 spiro atoms. The van der Waals surface area contributed by atoms with Crippen molar-refractivity contribution in [3.63, 3.8) is 0 Å². The van der Waals surface area contributed by atoms with Gasteiger partial charge in [-0.15, -0.1) is 4.37 Å². The standard InChI is InChI=1S/C9H15N3O3S/c1-4-6(9(13)14-3)10-7-8(15-5-2)12-16-11-7/h6H,4-5H2,1-3H3,(H,10,11). The molecule has 0 aliphatic carbocycles. The highest BCUT2D eigenvalue weighted by Gasteiger charge is 2.20. The van der Waals surface area contributed by atoms with E-state index < -0.39 is 6.04 Å². The zero-order valence-electron chi connectivity index (χ0n) is 9.52. The molecular formula is C9H15N3O3S. The summed E-state index contributed by atoms with van der Waals surface area (Å²) >= 11 is 1.04. The molecule has 1 N–H and O–H groups in total. The van der Waals surface area contributed by atoms with Crippen LogP contribution in [0.1, 0.15) is 20.3 Å². The Morgan fingerprint density at radius 3 is 2.81 bits per heavy atom. The molecule has 0 aliphatic heterocycles. The molecule has 0 radical (unpaired) electrons. The van der Waals surface area contributed by atoms with Gasteiger partial charge >= 0.3 is 5.97 Å². The van der Waals surface area contributed by atoms with Crippen LogP contribution in [0.4, 0.5) is 5.82 Å². The van der Waals surface area contributed by atoms with Crippen LogP contribution in [0, 0.1) is 0 Å². The Bertz CT molecular complexity index is 342. The van der Waals surface area contributed by atoms with E-state index in [1.807, 2.05) is 13.8 Å². The Kier molecular flexibility index (Phi) is 4.97. The van der Waals surface area contributed by atoms with Crippen molar-refractivity contribution in [2.45, 2.75) is 26.3 Å². The lowest BCUT2D eigenvalue weighted by Gasteiger charge is -2.14. The predicted molar refractivity (Wildman–Crippen MR) is 60.8 cm³/mol. The van der Waals surface area contributed by atoms with Gasteiger partial charge in [-0.3, -0.25) is 0 Å². The summed E-state index contributed by atoms with van der Waals surface area (Å²) in [7, 11) is 1.36. The monoisotopic (exact) mass is 245 g/mol. The number of esters is 1. The lowest BCUT2D eigenvalue weighted by molar-refractivity contribution is -0.141. The first-order valence-electron chi connectivity index (χ1n) is 5.02. The molecule has 1 rings (SSSR count). The van der Waals surface area contributed by atoms with Crippen LogP contribution in [-0.4, -0.2) is 34.5 Å². The Hall–Kier alpha value is -1.37. The molecule has 1 aromatic rings. The highest BCUT2D eigenvalue weighted by molar-refractivity contribution is 6.99. The fourth-order valence-electron chi connectivity index (χ4n) is 1.14. The second-order valence-corrected chi connectivity index (χ2v) is 3.51. The maximum Gasteiger partial charge on any atom is 0.328 e. The molecular weight excluding hydrogens is 230 g/mol. The Labute approximate surface area is 98.3 Å². The van der Waals surface area contributed by atoms with Gasteiger partial charge in [0.15, 0.2) is 0 Å². The molecule has 0 amide bonds. The number of methoxy groups -OCH3 is 1. The van der Waals surface area contributed by atoms with Gasteiger partial charge in [0.05, 0.1) is 25.4 Å². The number of carbonyl (C=O) groups is 1. The van der Waals surface area contributed by atoms with E-state index in [1.165, 1.54) is 7.11 Å². The largest absolute Gasteiger partial charge is 0.475 e. The van der Waals surface area contributed by atoms with Crippen LogP contribution in [0.25, 0.3) is 0 Å². The third-order valence-corrected chi connectivity index (χ3v) is 2.46. The van der Waals surface area contributed by atoms with Crippen molar-refractivity contribution in [1.29, 1.82) is 0 Å². The first-order chi connectivity index (χ1) is 7.72. The van der Waals surface area contributed by atoms with Crippen LogP contribution in [0.15, 0.2) is 0 Å². The highest BCUT2D eigenvalue weighted by atomic mass is 32.1. The van der Waals surface area contributed by atoms with E-state index in [0.717, 1.165) is 11.7 Å². The van der Waals surface area contributed by atoms with Crippen LogP contribution in [0.3, 0.4) is 0 Å². The number of hydrogen-bond acceptors (Lipinski definition) is 7. The lowest BCUT2D eigenvalue weighted by atomic mass is 10.2. The molecule has 0 bridgehead atoms. The summed E-state index contributed by atoms with van der Waals surface area (Å²) in [5.41, 5.74) is 0. The third-order valence-electron chi connectivity index (χ3n) is 1.94. The normalized spacial score (nSPS) is 11.9. The van der Waals surface area contributed by atoms with Crippen LogP contribution >= 0.6 is 11.7 Å². The van der Waals surface area contributed by atoms with Crippen LogP contribution in [0.5, 0.6) is 5.88 Å². The summed E-state index contributed by atoms with van der Waals surface area (Å²) in [6, 6.07) is -0.423. The number of nitrogens with one attached hydrogen (secondary N) is 1. The number of anilines is 1. The Balaban J connectivity index is 2.69. The zero-order chi connectivity index (χ0) is 12.0. The molecule has 1 unspecified atom stereocenters. The molecule has 1 heterocycles. The first kappa shape index (κ1) is 12.7. The number of ether oxygens (including phenoxy) is 2. The van der Waals surface area contributed by atoms with E-state index in [9.17, 15) is 4.79 Å². The van der Waals surface area contributed by atoms with Crippen LogP contribution in [-0.2, 0) is 9.53 Å². The molecule has 0 aromatic carbocycles. The van der Waals surface area contributed by atoms with E-state index in [2.05, 4.69) is 18.8 Å². The van der Waals surface area contributed by atoms with Crippen molar-refractivity contribution in [2.24, 2.45) is 0 Å². The molecule has 0 fully saturated rings. The molecule has 1 atom stereocenters. The first-order valence-corrected chi connectivity index (χ1v) is 5.75. The van der Waals surface area contributed by atoms with Gasteiger partial charge in [0.1, 0.15) is 6.04 Å². The summed E-state index contributed by atoms with van der Waals surface area (Å²) in [4.78, 5) is 11.4. The van der Waals surface area contributed by atoms with Crippen molar-refractivity contribution >= 4 is 23.5 Å². The minimum atomic E-state index is -0.423. The van der Waals surface area contributed by atoms with Crippen LogP contribution < -0.4 is 10.1 Å². The van der Waals surface area contributed by atoms with Gasteiger partial charge in [0, 0.05) is 0 Å².